The fraction of sp³-hybridized carbons (Fsp3) is 1.00. The molecule has 1 heterocycles. The first-order valence-corrected chi connectivity index (χ1v) is 6.63. The van der Waals surface area contributed by atoms with E-state index in [1.807, 2.05) is 0 Å². The van der Waals surface area contributed by atoms with Crippen molar-refractivity contribution in [1.29, 1.82) is 0 Å². The van der Waals surface area contributed by atoms with Gasteiger partial charge in [-0.1, -0.05) is 13.8 Å². The second-order valence-corrected chi connectivity index (χ2v) is 7.07. The van der Waals surface area contributed by atoms with Gasteiger partial charge in [0.05, 0.1) is 0 Å². The van der Waals surface area contributed by atoms with E-state index in [1.165, 1.54) is 25.9 Å². The van der Waals surface area contributed by atoms with E-state index in [1.54, 1.807) is 0 Å². The molecule has 0 amide bonds. The largest absolute Gasteiger partial charge is 0.298 e. The lowest BCUT2D eigenvalue weighted by Crippen LogP contribution is -2.40. The normalized spacial score (nSPS) is 37.6. The molecule has 1 saturated carbocycles. The molecule has 0 aromatic carbocycles. The Morgan fingerprint density at radius 3 is 1.80 bits per heavy atom. The van der Waals surface area contributed by atoms with Gasteiger partial charge in [-0.3, -0.25) is 4.90 Å². The first-order chi connectivity index (χ1) is 6.88. The van der Waals surface area contributed by atoms with Crippen LogP contribution < -0.4 is 0 Å². The van der Waals surface area contributed by atoms with Gasteiger partial charge in [0, 0.05) is 18.6 Å². The van der Waals surface area contributed by atoms with Crippen molar-refractivity contribution in [2.24, 2.45) is 23.7 Å². The Bertz CT molecular complexity index is 212. The second-order valence-electron chi connectivity index (χ2n) is 7.07. The maximum Gasteiger partial charge on any atom is 0.0125 e. The number of hydrogen-bond donors (Lipinski definition) is 0. The topological polar surface area (TPSA) is 3.24 Å². The van der Waals surface area contributed by atoms with Crippen LogP contribution in [-0.4, -0.2) is 23.5 Å². The van der Waals surface area contributed by atoms with Crippen LogP contribution in [0.2, 0.25) is 0 Å². The van der Waals surface area contributed by atoms with Gasteiger partial charge >= 0.3 is 0 Å². The summed E-state index contributed by atoms with van der Waals surface area (Å²) < 4.78 is 0. The highest BCUT2D eigenvalue weighted by atomic mass is 15.2. The number of hydrogen-bond acceptors (Lipinski definition) is 1. The molecule has 2 aliphatic rings. The summed E-state index contributed by atoms with van der Waals surface area (Å²) in [6.45, 7) is 14.6. The minimum absolute atomic E-state index is 0.387. The Balaban J connectivity index is 1.94. The Hall–Kier alpha value is -0.0400. The summed E-state index contributed by atoms with van der Waals surface area (Å²) in [7, 11) is 0. The number of fused-ring (bicyclic) bond motifs is 1. The van der Waals surface area contributed by atoms with Crippen LogP contribution in [0.5, 0.6) is 0 Å². The van der Waals surface area contributed by atoms with Crippen LogP contribution in [0.25, 0.3) is 0 Å². The van der Waals surface area contributed by atoms with Crippen LogP contribution in [0, 0.1) is 23.7 Å². The molecule has 88 valence electrons. The van der Waals surface area contributed by atoms with Crippen LogP contribution in [0.1, 0.15) is 47.5 Å². The SMILES string of the molecule is CC(C)[C@H]1C[C@@H]2CN(C(C)(C)C)C[C@@H]2C1. The van der Waals surface area contributed by atoms with Crippen molar-refractivity contribution in [3.63, 3.8) is 0 Å². The maximum absolute atomic E-state index is 2.69. The minimum Gasteiger partial charge on any atom is -0.298 e. The van der Waals surface area contributed by atoms with Crippen LogP contribution in [0.15, 0.2) is 0 Å². The third-order valence-electron chi connectivity index (χ3n) is 4.68. The lowest BCUT2D eigenvalue weighted by molar-refractivity contribution is 0.154. The van der Waals surface area contributed by atoms with E-state index in [0.717, 1.165) is 23.7 Å². The van der Waals surface area contributed by atoms with Crippen LogP contribution >= 0.6 is 0 Å². The Labute approximate surface area is 95.2 Å². The molecule has 0 aromatic heterocycles. The molecule has 1 aliphatic carbocycles. The molecule has 0 radical (unpaired) electrons. The first-order valence-electron chi connectivity index (χ1n) is 6.63. The summed E-state index contributed by atoms with van der Waals surface area (Å²) in [5.41, 5.74) is 0.387. The van der Waals surface area contributed by atoms with E-state index in [-0.39, 0.29) is 0 Å². The standard InChI is InChI=1S/C14H27N/c1-10(2)11-6-12-8-15(14(3,4)5)9-13(12)7-11/h10-13H,6-9H2,1-5H3/t11-,12+,13-. The lowest BCUT2D eigenvalue weighted by atomic mass is 9.92. The van der Waals surface area contributed by atoms with E-state index in [2.05, 4.69) is 39.5 Å². The summed E-state index contributed by atoms with van der Waals surface area (Å²) in [5, 5.41) is 0. The van der Waals surface area contributed by atoms with Crippen molar-refractivity contribution in [2.45, 2.75) is 53.0 Å². The summed E-state index contributed by atoms with van der Waals surface area (Å²) in [5.74, 6) is 3.94. The van der Waals surface area contributed by atoms with Gasteiger partial charge in [0.2, 0.25) is 0 Å². The Kier molecular flexibility index (Phi) is 2.87. The molecule has 1 aliphatic heterocycles. The molecule has 1 nitrogen and oxygen atoms in total. The van der Waals surface area contributed by atoms with Crippen molar-refractivity contribution in [3.05, 3.63) is 0 Å². The third-order valence-corrected chi connectivity index (χ3v) is 4.68. The fourth-order valence-electron chi connectivity index (χ4n) is 3.44. The summed E-state index contributed by atoms with van der Waals surface area (Å²) in [6, 6.07) is 0. The van der Waals surface area contributed by atoms with E-state index in [4.69, 9.17) is 0 Å². The van der Waals surface area contributed by atoms with Gasteiger partial charge in [-0.05, 0) is 57.3 Å². The molecule has 0 bridgehead atoms. The predicted octanol–water partition coefficient (Wildman–Crippen LogP) is 3.40. The van der Waals surface area contributed by atoms with Crippen molar-refractivity contribution < 1.29 is 0 Å². The lowest BCUT2D eigenvalue weighted by Gasteiger charge is -2.33. The highest BCUT2D eigenvalue weighted by Crippen LogP contribution is 2.45. The molecular formula is C14H27N. The smallest absolute Gasteiger partial charge is 0.0125 e. The van der Waals surface area contributed by atoms with Crippen LogP contribution in [0.3, 0.4) is 0 Å². The zero-order valence-electron chi connectivity index (χ0n) is 11.1. The number of nitrogens with zero attached hydrogens (tertiary/aromatic N) is 1. The van der Waals surface area contributed by atoms with Crippen LogP contribution in [-0.2, 0) is 0 Å². The van der Waals surface area contributed by atoms with Crippen LogP contribution in [0.4, 0.5) is 0 Å². The molecule has 2 rings (SSSR count). The molecule has 3 atom stereocenters. The Morgan fingerprint density at radius 2 is 1.47 bits per heavy atom. The summed E-state index contributed by atoms with van der Waals surface area (Å²) in [6.07, 6.45) is 2.99. The average molecular weight is 209 g/mol. The van der Waals surface area contributed by atoms with Gasteiger partial charge in [0.15, 0.2) is 0 Å². The average Bonchev–Trinajstić information content (AvgIpc) is 2.55. The molecule has 15 heavy (non-hydrogen) atoms. The molecule has 0 spiro atoms. The summed E-state index contributed by atoms with van der Waals surface area (Å²) in [4.78, 5) is 2.69. The monoisotopic (exact) mass is 209 g/mol. The second kappa shape index (κ2) is 3.76. The van der Waals surface area contributed by atoms with Crippen molar-refractivity contribution in [1.82, 2.24) is 4.90 Å². The molecular weight excluding hydrogens is 182 g/mol. The van der Waals surface area contributed by atoms with Gasteiger partial charge in [-0.15, -0.1) is 0 Å². The van der Waals surface area contributed by atoms with Gasteiger partial charge in [-0.25, -0.2) is 0 Å². The Morgan fingerprint density at radius 1 is 1.00 bits per heavy atom. The fourth-order valence-corrected chi connectivity index (χ4v) is 3.44. The molecule has 1 heteroatoms. The highest BCUT2D eigenvalue weighted by molar-refractivity contribution is 4.96. The van der Waals surface area contributed by atoms with E-state index in [9.17, 15) is 0 Å². The zero-order chi connectivity index (χ0) is 11.2. The van der Waals surface area contributed by atoms with Gasteiger partial charge < -0.3 is 0 Å². The van der Waals surface area contributed by atoms with Gasteiger partial charge in [-0.2, -0.15) is 0 Å². The van der Waals surface area contributed by atoms with Gasteiger partial charge in [0.1, 0.15) is 0 Å². The van der Waals surface area contributed by atoms with E-state index in [0.29, 0.717) is 5.54 Å². The summed E-state index contributed by atoms with van der Waals surface area (Å²) >= 11 is 0. The zero-order valence-corrected chi connectivity index (χ0v) is 11.1. The number of likely N-dealkylation sites (tertiary alicyclic amines) is 1. The third kappa shape index (κ3) is 2.22. The van der Waals surface area contributed by atoms with Crippen molar-refractivity contribution >= 4 is 0 Å². The van der Waals surface area contributed by atoms with Crippen molar-refractivity contribution in [2.75, 3.05) is 13.1 Å². The maximum atomic E-state index is 2.69. The molecule has 0 aromatic rings. The quantitative estimate of drug-likeness (QED) is 0.640. The van der Waals surface area contributed by atoms with Gasteiger partial charge in [0.25, 0.3) is 0 Å². The molecule has 1 saturated heterocycles. The highest BCUT2D eigenvalue weighted by Gasteiger charge is 2.43. The molecule has 0 unspecified atom stereocenters. The van der Waals surface area contributed by atoms with E-state index >= 15 is 0 Å². The number of rotatable bonds is 1. The molecule has 0 N–H and O–H groups in total. The van der Waals surface area contributed by atoms with E-state index < -0.39 is 0 Å². The first kappa shape index (κ1) is 11.4. The predicted molar refractivity (Wildman–Crippen MR) is 65.9 cm³/mol. The van der Waals surface area contributed by atoms with Crippen molar-refractivity contribution in [3.8, 4) is 0 Å². The molecule has 2 fully saturated rings. The minimum atomic E-state index is 0.387.